The molecule has 1 fully saturated rings. The van der Waals surface area contributed by atoms with Gasteiger partial charge in [0.1, 0.15) is 5.82 Å². The van der Waals surface area contributed by atoms with Crippen LogP contribution < -0.4 is 0 Å². The molecule has 1 saturated heterocycles. The quantitative estimate of drug-likeness (QED) is 0.908. The standard InChI is InChI=1S/C13H21N3OS/c17-9-11-2-1-3-13-14-12(15-16(11)13)8-10-4-6-18-7-5-10/h10-11,17H,1-9H2. The molecule has 1 N–H and O–H groups in total. The highest BCUT2D eigenvalue weighted by molar-refractivity contribution is 7.99. The van der Waals surface area contributed by atoms with Crippen LogP contribution in [-0.2, 0) is 12.8 Å². The summed E-state index contributed by atoms with van der Waals surface area (Å²) in [7, 11) is 0. The SMILES string of the molecule is OCC1CCCc2nc(CC3CCSCC3)nn21. The van der Waals surface area contributed by atoms with Gasteiger partial charge in [-0.3, -0.25) is 0 Å². The summed E-state index contributed by atoms with van der Waals surface area (Å²) in [6, 6.07) is 0.164. The molecule has 4 nitrogen and oxygen atoms in total. The van der Waals surface area contributed by atoms with Crippen molar-refractivity contribution in [1.29, 1.82) is 0 Å². The Morgan fingerprint density at radius 3 is 2.89 bits per heavy atom. The molecule has 0 aliphatic carbocycles. The highest BCUT2D eigenvalue weighted by atomic mass is 32.2. The number of nitrogens with zero attached hydrogens (tertiary/aromatic N) is 3. The Hall–Kier alpha value is -0.550. The zero-order valence-corrected chi connectivity index (χ0v) is 11.5. The lowest BCUT2D eigenvalue weighted by Gasteiger charge is -2.21. The molecule has 0 aromatic carbocycles. The number of thioether (sulfide) groups is 1. The van der Waals surface area contributed by atoms with Gasteiger partial charge in [-0.1, -0.05) is 0 Å². The summed E-state index contributed by atoms with van der Waals surface area (Å²) >= 11 is 2.06. The first kappa shape index (κ1) is 12.5. The van der Waals surface area contributed by atoms with Crippen LogP contribution in [0.1, 0.15) is 43.4 Å². The molecule has 3 rings (SSSR count). The third-order valence-electron chi connectivity index (χ3n) is 4.05. The van der Waals surface area contributed by atoms with E-state index in [9.17, 15) is 5.11 Å². The van der Waals surface area contributed by atoms with E-state index >= 15 is 0 Å². The van der Waals surface area contributed by atoms with Gasteiger partial charge in [-0.25, -0.2) is 9.67 Å². The van der Waals surface area contributed by atoms with Gasteiger partial charge in [-0.2, -0.15) is 16.9 Å². The number of aliphatic hydroxyl groups excluding tert-OH is 1. The minimum absolute atomic E-state index is 0.164. The van der Waals surface area contributed by atoms with E-state index in [4.69, 9.17) is 0 Å². The van der Waals surface area contributed by atoms with E-state index in [0.717, 1.165) is 43.3 Å². The van der Waals surface area contributed by atoms with Crippen molar-refractivity contribution in [2.24, 2.45) is 5.92 Å². The Balaban J connectivity index is 1.71. The predicted molar refractivity (Wildman–Crippen MR) is 72.8 cm³/mol. The van der Waals surface area contributed by atoms with Crippen molar-refractivity contribution in [1.82, 2.24) is 14.8 Å². The smallest absolute Gasteiger partial charge is 0.151 e. The number of rotatable bonds is 3. The van der Waals surface area contributed by atoms with Crippen LogP contribution in [0.4, 0.5) is 0 Å². The van der Waals surface area contributed by atoms with Gasteiger partial charge in [0.15, 0.2) is 5.82 Å². The van der Waals surface area contributed by atoms with Crippen LogP contribution in [0.15, 0.2) is 0 Å². The number of hydrogen-bond donors (Lipinski definition) is 1. The van der Waals surface area contributed by atoms with Gasteiger partial charge in [-0.05, 0) is 43.1 Å². The van der Waals surface area contributed by atoms with Gasteiger partial charge in [-0.15, -0.1) is 0 Å². The Morgan fingerprint density at radius 1 is 1.28 bits per heavy atom. The molecule has 1 aromatic heterocycles. The fraction of sp³-hybridized carbons (Fsp3) is 0.846. The molecule has 1 unspecified atom stereocenters. The van der Waals surface area contributed by atoms with Gasteiger partial charge in [0.25, 0.3) is 0 Å². The molecule has 0 saturated carbocycles. The lowest BCUT2D eigenvalue weighted by molar-refractivity contribution is 0.194. The van der Waals surface area contributed by atoms with Crippen molar-refractivity contribution in [3.8, 4) is 0 Å². The number of aromatic nitrogens is 3. The van der Waals surface area contributed by atoms with Crippen LogP contribution in [0.5, 0.6) is 0 Å². The summed E-state index contributed by atoms with van der Waals surface area (Å²) in [6.07, 6.45) is 6.81. The summed E-state index contributed by atoms with van der Waals surface area (Å²) < 4.78 is 1.98. The van der Waals surface area contributed by atoms with E-state index in [2.05, 4.69) is 21.8 Å². The van der Waals surface area contributed by atoms with Crippen molar-refractivity contribution in [3.63, 3.8) is 0 Å². The van der Waals surface area contributed by atoms with Crippen molar-refractivity contribution in [2.75, 3.05) is 18.1 Å². The molecule has 100 valence electrons. The van der Waals surface area contributed by atoms with Crippen LogP contribution >= 0.6 is 11.8 Å². The highest BCUT2D eigenvalue weighted by Crippen LogP contribution is 2.27. The second kappa shape index (κ2) is 5.61. The molecule has 0 radical (unpaired) electrons. The van der Waals surface area contributed by atoms with Gasteiger partial charge in [0, 0.05) is 12.8 Å². The first-order chi connectivity index (χ1) is 8.86. The summed E-state index contributed by atoms with van der Waals surface area (Å²) in [5.74, 6) is 5.43. The molecule has 5 heteroatoms. The molecule has 2 aliphatic heterocycles. The minimum Gasteiger partial charge on any atom is -0.394 e. The van der Waals surface area contributed by atoms with Crippen LogP contribution in [0.2, 0.25) is 0 Å². The molecule has 0 amide bonds. The monoisotopic (exact) mass is 267 g/mol. The van der Waals surface area contributed by atoms with E-state index in [0.29, 0.717) is 0 Å². The molecule has 1 aromatic rings. The first-order valence-corrected chi connectivity index (χ1v) is 8.15. The Bertz CT molecular complexity index is 401. The lowest BCUT2D eigenvalue weighted by atomic mass is 9.99. The van der Waals surface area contributed by atoms with Crippen molar-refractivity contribution < 1.29 is 5.11 Å². The molecule has 18 heavy (non-hydrogen) atoms. The van der Waals surface area contributed by atoms with E-state index < -0.39 is 0 Å². The van der Waals surface area contributed by atoms with Gasteiger partial charge >= 0.3 is 0 Å². The largest absolute Gasteiger partial charge is 0.394 e. The van der Waals surface area contributed by atoms with Gasteiger partial charge in [0.2, 0.25) is 0 Å². The average Bonchev–Trinajstić information content (AvgIpc) is 2.82. The van der Waals surface area contributed by atoms with Gasteiger partial charge in [0.05, 0.1) is 12.6 Å². The van der Waals surface area contributed by atoms with Crippen LogP contribution in [0.3, 0.4) is 0 Å². The van der Waals surface area contributed by atoms with E-state index in [1.807, 2.05) is 4.68 Å². The van der Waals surface area contributed by atoms with Crippen molar-refractivity contribution >= 4 is 11.8 Å². The van der Waals surface area contributed by atoms with E-state index in [1.165, 1.54) is 24.3 Å². The summed E-state index contributed by atoms with van der Waals surface area (Å²) in [6.45, 7) is 0.190. The fourth-order valence-electron chi connectivity index (χ4n) is 2.95. The Kier molecular flexibility index (Phi) is 3.89. The maximum absolute atomic E-state index is 9.38. The zero-order valence-electron chi connectivity index (χ0n) is 10.7. The molecule has 1 atom stereocenters. The minimum atomic E-state index is 0.164. The second-order valence-corrected chi connectivity index (χ2v) is 6.60. The van der Waals surface area contributed by atoms with Crippen molar-refractivity contribution in [3.05, 3.63) is 11.6 Å². The third kappa shape index (κ3) is 2.57. The molecule has 0 spiro atoms. The summed E-state index contributed by atoms with van der Waals surface area (Å²) in [5.41, 5.74) is 0. The Labute approximate surface area is 112 Å². The van der Waals surface area contributed by atoms with E-state index in [1.54, 1.807) is 0 Å². The number of fused-ring (bicyclic) bond motifs is 1. The van der Waals surface area contributed by atoms with Crippen molar-refractivity contribution in [2.45, 2.75) is 44.6 Å². The van der Waals surface area contributed by atoms with Crippen LogP contribution in [0, 0.1) is 5.92 Å². The van der Waals surface area contributed by atoms with Gasteiger partial charge < -0.3 is 5.11 Å². The predicted octanol–water partition coefficient (Wildman–Crippen LogP) is 1.83. The maximum atomic E-state index is 9.38. The number of hydrogen-bond acceptors (Lipinski definition) is 4. The highest BCUT2D eigenvalue weighted by Gasteiger charge is 2.24. The topological polar surface area (TPSA) is 50.9 Å². The first-order valence-electron chi connectivity index (χ1n) is 6.99. The molecular weight excluding hydrogens is 246 g/mol. The normalized spacial score (nSPS) is 25.1. The molecule has 0 bridgehead atoms. The molecule has 2 aliphatic rings. The average molecular weight is 267 g/mol. The zero-order chi connectivity index (χ0) is 12.4. The molecular formula is C13H21N3OS. The van der Waals surface area contributed by atoms with E-state index in [-0.39, 0.29) is 12.6 Å². The summed E-state index contributed by atoms with van der Waals surface area (Å²) in [4.78, 5) is 4.68. The summed E-state index contributed by atoms with van der Waals surface area (Å²) in [5, 5.41) is 14.0. The fourth-order valence-corrected chi connectivity index (χ4v) is 4.15. The maximum Gasteiger partial charge on any atom is 0.151 e. The number of aliphatic hydroxyl groups is 1. The molecule has 3 heterocycles. The lowest BCUT2D eigenvalue weighted by Crippen LogP contribution is -2.22. The van der Waals surface area contributed by atoms with Crippen LogP contribution in [-0.4, -0.2) is 38.0 Å². The number of aryl methyl sites for hydroxylation is 1. The Morgan fingerprint density at radius 2 is 2.11 bits per heavy atom. The van der Waals surface area contributed by atoms with Crippen LogP contribution in [0.25, 0.3) is 0 Å². The third-order valence-corrected chi connectivity index (χ3v) is 5.10. The second-order valence-electron chi connectivity index (χ2n) is 5.38.